The van der Waals surface area contributed by atoms with Crippen molar-refractivity contribution in [2.75, 3.05) is 0 Å². The van der Waals surface area contributed by atoms with E-state index in [2.05, 4.69) is 6.58 Å². The normalized spacial score (nSPS) is 10.0. The van der Waals surface area contributed by atoms with Crippen LogP contribution in [0.15, 0.2) is 18.7 Å². The van der Waals surface area contributed by atoms with Gasteiger partial charge < -0.3 is 0 Å². The minimum atomic E-state index is 0.592. The van der Waals surface area contributed by atoms with E-state index in [9.17, 15) is 0 Å². The SMILES string of the molecule is C=C(C)c1cc(C)c(Cl)c(Cl)c1. The van der Waals surface area contributed by atoms with Crippen LogP contribution < -0.4 is 0 Å². The maximum absolute atomic E-state index is 5.89. The van der Waals surface area contributed by atoms with Crippen molar-refractivity contribution >= 4 is 28.8 Å². The molecule has 0 spiro atoms. The van der Waals surface area contributed by atoms with Crippen molar-refractivity contribution < 1.29 is 0 Å². The van der Waals surface area contributed by atoms with E-state index in [0.717, 1.165) is 16.7 Å². The molecule has 1 aromatic carbocycles. The van der Waals surface area contributed by atoms with Gasteiger partial charge in [-0.25, -0.2) is 0 Å². The summed E-state index contributed by atoms with van der Waals surface area (Å²) in [6.45, 7) is 7.71. The standard InChI is InChI=1S/C10H10Cl2/c1-6(2)8-4-7(3)10(12)9(11)5-8/h4-5H,1H2,2-3H3. The van der Waals surface area contributed by atoms with Crippen LogP contribution in [-0.2, 0) is 0 Å². The Bertz CT molecular complexity index is 304. The number of halogens is 2. The third kappa shape index (κ3) is 1.82. The van der Waals surface area contributed by atoms with Crippen LogP contribution in [0.1, 0.15) is 18.1 Å². The largest absolute Gasteiger partial charge is 0.0955 e. The van der Waals surface area contributed by atoms with Gasteiger partial charge >= 0.3 is 0 Å². The van der Waals surface area contributed by atoms with Crippen molar-refractivity contribution in [2.24, 2.45) is 0 Å². The molecule has 2 heteroatoms. The zero-order chi connectivity index (χ0) is 9.30. The molecule has 0 amide bonds. The van der Waals surface area contributed by atoms with E-state index in [0.29, 0.717) is 10.0 Å². The summed E-state index contributed by atoms with van der Waals surface area (Å²) < 4.78 is 0. The van der Waals surface area contributed by atoms with Crippen LogP contribution in [-0.4, -0.2) is 0 Å². The van der Waals surface area contributed by atoms with E-state index in [1.165, 1.54) is 0 Å². The molecule has 0 saturated carbocycles. The maximum Gasteiger partial charge on any atom is 0.0621 e. The second-order valence-corrected chi connectivity index (χ2v) is 3.65. The topological polar surface area (TPSA) is 0 Å². The van der Waals surface area contributed by atoms with E-state index < -0.39 is 0 Å². The Kier molecular flexibility index (Phi) is 2.81. The highest BCUT2D eigenvalue weighted by Gasteiger charge is 2.03. The first-order chi connectivity index (χ1) is 5.52. The van der Waals surface area contributed by atoms with Crippen molar-refractivity contribution in [1.82, 2.24) is 0 Å². The van der Waals surface area contributed by atoms with Crippen molar-refractivity contribution in [2.45, 2.75) is 13.8 Å². The summed E-state index contributed by atoms with van der Waals surface area (Å²) in [5.74, 6) is 0. The van der Waals surface area contributed by atoms with Crippen LogP contribution >= 0.6 is 23.2 Å². The first-order valence-electron chi connectivity index (χ1n) is 3.64. The summed E-state index contributed by atoms with van der Waals surface area (Å²) in [5, 5.41) is 1.22. The molecule has 1 aromatic rings. The van der Waals surface area contributed by atoms with Crippen LogP contribution in [0.2, 0.25) is 10.0 Å². The lowest BCUT2D eigenvalue weighted by Crippen LogP contribution is -1.83. The third-order valence-electron chi connectivity index (χ3n) is 1.70. The molecular weight excluding hydrogens is 191 g/mol. The highest BCUT2D eigenvalue weighted by molar-refractivity contribution is 6.42. The average molecular weight is 201 g/mol. The summed E-state index contributed by atoms with van der Waals surface area (Å²) in [7, 11) is 0. The first-order valence-corrected chi connectivity index (χ1v) is 4.39. The highest BCUT2D eigenvalue weighted by atomic mass is 35.5. The summed E-state index contributed by atoms with van der Waals surface area (Å²) >= 11 is 11.8. The number of rotatable bonds is 1. The summed E-state index contributed by atoms with van der Waals surface area (Å²) in [5.41, 5.74) is 3.03. The molecule has 64 valence electrons. The summed E-state index contributed by atoms with van der Waals surface area (Å²) in [4.78, 5) is 0. The lowest BCUT2D eigenvalue weighted by Gasteiger charge is -2.05. The van der Waals surface area contributed by atoms with Crippen LogP contribution in [0.25, 0.3) is 5.57 Å². The van der Waals surface area contributed by atoms with Gasteiger partial charge in [-0.3, -0.25) is 0 Å². The summed E-state index contributed by atoms with van der Waals surface area (Å²) in [6.07, 6.45) is 0. The molecular formula is C10H10Cl2. The lowest BCUT2D eigenvalue weighted by atomic mass is 10.1. The lowest BCUT2D eigenvalue weighted by molar-refractivity contribution is 1.44. The molecule has 0 atom stereocenters. The van der Waals surface area contributed by atoms with E-state index in [4.69, 9.17) is 23.2 Å². The smallest absolute Gasteiger partial charge is 0.0621 e. The van der Waals surface area contributed by atoms with Crippen molar-refractivity contribution in [3.8, 4) is 0 Å². The Morgan fingerprint density at radius 3 is 2.33 bits per heavy atom. The van der Waals surface area contributed by atoms with E-state index in [1.807, 2.05) is 26.0 Å². The molecule has 0 nitrogen and oxygen atoms in total. The van der Waals surface area contributed by atoms with Gasteiger partial charge in [0.1, 0.15) is 0 Å². The number of allylic oxidation sites excluding steroid dienone is 1. The van der Waals surface area contributed by atoms with Gasteiger partial charge in [-0.2, -0.15) is 0 Å². The van der Waals surface area contributed by atoms with Gasteiger partial charge in [0, 0.05) is 0 Å². The fourth-order valence-electron chi connectivity index (χ4n) is 0.973. The van der Waals surface area contributed by atoms with Crippen LogP contribution in [0.5, 0.6) is 0 Å². The Morgan fingerprint density at radius 2 is 1.92 bits per heavy atom. The molecule has 0 unspecified atom stereocenters. The van der Waals surface area contributed by atoms with Crippen molar-refractivity contribution in [3.05, 3.63) is 39.9 Å². The van der Waals surface area contributed by atoms with Gasteiger partial charge in [0.15, 0.2) is 0 Å². The molecule has 1 rings (SSSR count). The van der Waals surface area contributed by atoms with Crippen molar-refractivity contribution in [1.29, 1.82) is 0 Å². The van der Waals surface area contributed by atoms with Gasteiger partial charge in [-0.05, 0) is 31.0 Å². The molecule has 0 aliphatic carbocycles. The second kappa shape index (κ2) is 3.51. The van der Waals surface area contributed by atoms with Gasteiger partial charge in [0.2, 0.25) is 0 Å². The average Bonchev–Trinajstić information content (AvgIpc) is 1.99. The molecule has 0 N–H and O–H groups in total. The van der Waals surface area contributed by atoms with E-state index in [1.54, 1.807) is 0 Å². The fourth-order valence-corrected chi connectivity index (χ4v) is 1.35. The highest BCUT2D eigenvalue weighted by Crippen LogP contribution is 2.29. The molecule has 0 radical (unpaired) electrons. The first kappa shape index (κ1) is 9.63. The minimum absolute atomic E-state index is 0.592. The number of hydrogen-bond acceptors (Lipinski definition) is 0. The Labute approximate surface area is 82.8 Å². The molecule has 0 saturated heterocycles. The predicted octanol–water partition coefficient (Wildman–Crippen LogP) is 4.33. The van der Waals surface area contributed by atoms with Gasteiger partial charge in [-0.1, -0.05) is 41.4 Å². The summed E-state index contributed by atoms with van der Waals surface area (Å²) in [6, 6.07) is 3.82. The molecule has 0 aromatic heterocycles. The van der Waals surface area contributed by atoms with E-state index in [-0.39, 0.29) is 0 Å². The molecule has 0 fully saturated rings. The van der Waals surface area contributed by atoms with E-state index >= 15 is 0 Å². The Morgan fingerprint density at radius 1 is 1.33 bits per heavy atom. The predicted molar refractivity (Wildman–Crippen MR) is 55.9 cm³/mol. The molecule has 0 aliphatic rings. The number of benzene rings is 1. The number of aryl methyl sites for hydroxylation is 1. The number of hydrogen-bond donors (Lipinski definition) is 0. The van der Waals surface area contributed by atoms with Gasteiger partial charge in [0.25, 0.3) is 0 Å². The maximum atomic E-state index is 5.89. The molecule has 12 heavy (non-hydrogen) atoms. The van der Waals surface area contributed by atoms with Gasteiger partial charge in [0.05, 0.1) is 10.0 Å². The third-order valence-corrected chi connectivity index (χ3v) is 2.60. The Balaban J connectivity index is 3.31. The van der Waals surface area contributed by atoms with Crippen LogP contribution in [0.4, 0.5) is 0 Å². The van der Waals surface area contributed by atoms with Crippen LogP contribution in [0.3, 0.4) is 0 Å². The monoisotopic (exact) mass is 200 g/mol. The zero-order valence-corrected chi connectivity index (χ0v) is 8.63. The Hall–Kier alpha value is -0.460. The zero-order valence-electron chi connectivity index (χ0n) is 7.12. The fraction of sp³-hybridized carbons (Fsp3) is 0.200. The molecule has 0 heterocycles. The molecule has 0 bridgehead atoms. The second-order valence-electron chi connectivity index (χ2n) is 2.87. The quantitative estimate of drug-likeness (QED) is 0.634. The van der Waals surface area contributed by atoms with Crippen molar-refractivity contribution in [3.63, 3.8) is 0 Å². The molecule has 0 aliphatic heterocycles. The minimum Gasteiger partial charge on any atom is -0.0955 e. The van der Waals surface area contributed by atoms with Crippen LogP contribution in [0, 0.1) is 6.92 Å². The van der Waals surface area contributed by atoms with Gasteiger partial charge in [-0.15, -0.1) is 0 Å².